The van der Waals surface area contributed by atoms with Crippen molar-refractivity contribution in [3.8, 4) is 0 Å². The summed E-state index contributed by atoms with van der Waals surface area (Å²) < 4.78 is 7.79. The van der Waals surface area contributed by atoms with Gasteiger partial charge in [0.05, 0.1) is 23.7 Å². The van der Waals surface area contributed by atoms with Gasteiger partial charge in [-0.05, 0) is 49.2 Å². The number of nitrogens with zero attached hydrogens (tertiary/aromatic N) is 2. The Morgan fingerprint density at radius 3 is 2.62 bits per heavy atom. The molecule has 7 heteroatoms. The summed E-state index contributed by atoms with van der Waals surface area (Å²) in [7, 11) is 0. The first-order valence-electron chi connectivity index (χ1n) is 11.1. The largest absolute Gasteiger partial charge is 0.454 e. The molecule has 170 valence electrons. The van der Waals surface area contributed by atoms with Crippen molar-refractivity contribution < 1.29 is 14.0 Å². The maximum Gasteiger partial charge on any atom is 0.286 e. The number of furan rings is 1. The van der Waals surface area contributed by atoms with Gasteiger partial charge in [0.15, 0.2) is 5.76 Å². The van der Waals surface area contributed by atoms with E-state index >= 15 is 0 Å². The summed E-state index contributed by atoms with van der Waals surface area (Å²) in [6.07, 6.45) is 4.75. The van der Waals surface area contributed by atoms with Gasteiger partial charge in [0.1, 0.15) is 5.76 Å². The van der Waals surface area contributed by atoms with E-state index in [1.54, 1.807) is 18.2 Å². The summed E-state index contributed by atoms with van der Waals surface area (Å²) in [6, 6.07) is 14.6. The van der Waals surface area contributed by atoms with Gasteiger partial charge >= 0.3 is 0 Å². The van der Waals surface area contributed by atoms with Crippen LogP contribution in [0.15, 0.2) is 59.1 Å². The van der Waals surface area contributed by atoms with Crippen molar-refractivity contribution in [3.63, 3.8) is 0 Å². The molecule has 0 radical (unpaired) electrons. The number of hydrogen-bond donors (Lipinski definition) is 1. The zero-order chi connectivity index (χ0) is 22.9. The van der Waals surface area contributed by atoms with E-state index < -0.39 is 0 Å². The Balaban J connectivity index is 1.70. The molecule has 2 aromatic heterocycles. The number of hydrogen-bond acceptors (Lipinski definition) is 3. The molecule has 2 heterocycles. The zero-order valence-electron chi connectivity index (χ0n) is 18.6. The minimum Gasteiger partial charge on any atom is -0.454 e. The van der Waals surface area contributed by atoms with E-state index in [0.717, 1.165) is 25.0 Å². The van der Waals surface area contributed by atoms with Gasteiger partial charge in [-0.1, -0.05) is 44.0 Å². The molecule has 0 aliphatic carbocycles. The molecule has 0 spiro atoms. The summed E-state index contributed by atoms with van der Waals surface area (Å²) in [5, 5.41) is 3.31. The SMILES string of the molecule is CCCCNC(=O)c1ccc(Cn2cccc2CN(CCC)C(=O)c2ccccc2Cl)o1. The first-order chi connectivity index (χ1) is 15.5. The highest BCUT2D eigenvalue weighted by atomic mass is 35.5. The number of carbonyl (C=O) groups is 2. The molecule has 0 saturated heterocycles. The fourth-order valence-corrected chi connectivity index (χ4v) is 3.71. The van der Waals surface area contributed by atoms with Gasteiger partial charge in [-0.3, -0.25) is 9.59 Å². The van der Waals surface area contributed by atoms with Crippen LogP contribution in [0.1, 0.15) is 65.5 Å². The summed E-state index contributed by atoms with van der Waals surface area (Å²) in [5.74, 6) is 0.708. The van der Waals surface area contributed by atoms with Crippen LogP contribution in [0.5, 0.6) is 0 Å². The second kappa shape index (κ2) is 11.6. The number of rotatable bonds is 11. The van der Waals surface area contributed by atoms with E-state index in [1.807, 2.05) is 52.9 Å². The molecule has 1 aromatic carbocycles. The Morgan fingerprint density at radius 1 is 1.06 bits per heavy atom. The molecular weight excluding hydrogens is 426 g/mol. The average Bonchev–Trinajstić information content (AvgIpc) is 3.43. The van der Waals surface area contributed by atoms with Gasteiger partial charge < -0.3 is 19.2 Å². The Hall–Kier alpha value is -2.99. The highest BCUT2D eigenvalue weighted by Gasteiger charge is 2.19. The highest BCUT2D eigenvalue weighted by Crippen LogP contribution is 2.20. The predicted octanol–water partition coefficient (Wildman–Crippen LogP) is 5.37. The third-order valence-electron chi connectivity index (χ3n) is 5.19. The van der Waals surface area contributed by atoms with E-state index in [2.05, 4.69) is 12.2 Å². The van der Waals surface area contributed by atoms with E-state index in [1.165, 1.54) is 0 Å². The molecule has 0 aliphatic rings. The molecule has 0 saturated carbocycles. The lowest BCUT2D eigenvalue weighted by molar-refractivity contribution is 0.0739. The quantitative estimate of drug-likeness (QED) is 0.395. The van der Waals surface area contributed by atoms with Gasteiger partial charge in [-0.2, -0.15) is 0 Å². The molecule has 0 fully saturated rings. The van der Waals surface area contributed by atoms with E-state index in [9.17, 15) is 9.59 Å². The summed E-state index contributed by atoms with van der Waals surface area (Å²) in [5.41, 5.74) is 1.48. The fraction of sp³-hybridized carbons (Fsp3) is 0.360. The van der Waals surface area contributed by atoms with Crippen molar-refractivity contribution in [2.24, 2.45) is 0 Å². The van der Waals surface area contributed by atoms with Gasteiger partial charge in [-0.15, -0.1) is 0 Å². The summed E-state index contributed by atoms with van der Waals surface area (Å²) in [6.45, 7) is 6.32. The molecule has 32 heavy (non-hydrogen) atoms. The van der Waals surface area contributed by atoms with Crippen LogP contribution in [0.3, 0.4) is 0 Å². The van der Waals surface area contributed by atoms with Crippen LogP contribution in [-0.2, 0) is 13.1 Å². The molecule has 3 rings (SSSR count). The lowest BCUT2D eigenvalue weighted by atomic mass is 10.2. The molecule has 1 N–H and O–H groups in total. The molecule has 0 bridgehead atoms. The molecule has 6 nitrogen and oxygen atoms in total. The zero-order valence-corrected chi connectivity index (χ0v) is 19.4. The van der Waals surface area contributed by atoms with Crippen LogP contribution in [0.2, 0.25) is 5.02 Å². The Labute approximate surface area is 194 Å². The second-order valence-electron chi connectivity index (χ2n) is 7.71. The number of benzene rings is 1. The molecule has 0 unspecified atom stereocenters. The average molecular weight is 456 g/mol. The van der Waals surface area contributed by atoms with Crippen LogP contribution >= 0.6 is 11.6 Å². The summed E-state index contributed by atoms with van der Waals surface area (Å²) in [4.78, 5) is 27.1. The van der Waals surface area contributed by atoms with Crippen molar-refractivity contribution in [2.75, 3.05) is 13.1 Å². The maximum absolute atomic E-state index is 13.1. The van der Waals surface area contributed by atoms with Crippen LogP contribution in [-0.4, -0.2) is 34.4 Å². The monoisotopic (exact) mass is 455 g/mol. The van der Waals surface area contributed by atoms with Crippen LogP contribution in [0.25, 0.3) is 0 Å². The maximum atomic E-state index is 13.1. The minimum atomic E-state index is -0.197. The van der Waals surface area contributed by atoms with Crippen molar-refractivity contribution in [2.45, 2.75) is 46.2 Å². The van der Waals surface area contributed by atoms with Crippen molar-refractivity contribution >= 4 is 23.4 Å². The third-order valence-corrected chi connectivity index (χ3v) is 5.52. The highest BCUT2D eigenvalue weighted by molar-refractivity contribution is 6.33. The van der Waals surface area contributed by atoms with Crippen molar-refractivity contribution in [1.82, 2.24) is 14.8 Å². The standard InChI is InChI=1S/C25H30ClN3O3/c1-3-5-14-27-24(30)23-13-12-20(32-23)18-28-16-8-9-19(28)17-29(15-4-2)25(31)21-10-6-7-11-22(21)26/h6-13,16H,3-5,14-15,17-18H2,1-2H3,(H,27,30). The summed E-state index contributed by atoms with van der Waals surface area (Å²) >= 11 is 6.25. The number of unbranched alkanes of at least 4 members (excludes halogenated alkanes) is 1. The number of amides is 2. The lowest BCUT2D eigenvalue weighted by Crippen LogP contribution is -2.32. The van der Waals surface area contributed by atoms with Gasteiger partial charge in [-0.25, -0.2) is 0 Å². The Kier molecular flexibility index (Phi) is 8.56. The van der Waals surface area contributed by atoms with Gasteiger partial charge in [0.2, 0.25) is 0 Å². The lowest BCUT2D eigenvalue weighted by Gasteiger charge is -2.23. The molecule has 0 aliphatic heterocycles. The number of nitrogens with one attached hydrogen (secondary N) is 1. The Morgan fingerprint density at radius 2 is 1.88 bits per heavy atom. The van der Waals surface area contributed by atoms with Crippen molar-refractivity contribution in [1.29, 1.82) is 0 Å². The molecular formula is C25H30ClN3O3. The molecule has 3 aromatic rings. The van der Waals surface area contributed by atoms with Crippen molar-refractivity contribution in [3.05, 3.63) is 82.5 Å². The molecule has 0 atom stereocenters. The number of halogens is 1. The third kappa shape index (κ3) is 6.04. The Bertz CT molecular complexity index is 1040. The smallest absolute Gasteiger partial charge is 0.286 e. The van der Waals surface area contributed by atoms with E-state index in [0.29, 0.717) is 48.3 Å². The normalized spacial score (nSPS) is 10.8. The number of carbonyl (C=O) groups excluding carboxylic acids is 2. The van der Waals surface area contributed by atoms with Crippen LogP contribution in [0, 0.1) is 0 Å². The first-order valence-corrected chi connectivity index (χ1v) is 11.5. The van der Waals surface area contributed by atoms with E-state index in [4.69, 9.17) is 16.0 Å². The van der Waals surface area contributed by atoms with E-state index in [-0.39, 0.29) is 11.8 Å². The predicted molar refractivity (Wildman–Crippen MR) is 126 cm³/mol. The van der Waals surface area contributed by atoms with Gasteiger partial charge in [0.25, 0.3) is 11.8 Å². The minimum absolute atomic E-state index is 0.0887. The van der Waals surface area contributed by atoms with Crippen LogP contribution in [0.4, 0.5) is 0 Å². The van der Waals surface area contributed by atoms with Gasteiger partial charge in [0, 0.05) is 25.0 Å². The number of aromatic nitrogens is 1. The first kappa shape index (κ1) is 23.7. The fourth-order valence-electron chi connectivity index (χ4n) is 3.49. The second-order valence-corrected chi connectivity index (χ2v) is 8.12. The van der Waals surface area contributed by atoms with Crippen LogP contribution < -0.4 is 5.32 Å². The molecule has 2 amide bonds. The topological polar surface area (TPSA) is 67.5 Å².